The van der Waals surface area contributed by atoms with Gasteiger partial charge < -0.3 is 14.2 Å². The normalized spacial score (nSPS) is 11.7. The predicted molar refractivity (Wildman–Crippen MR) is 160 cm³/mol. The summed E-state index contributed by atoms with van der Waals surface area (Å²) in [5.74, 6) is 0.197. The number of hydrogen-bond donors (Lipinski definition) is 0. The monoisotopic (exact) mass is 546 g/mol. The molecule has 0 amide bonds. The molecular formula is C34H42O6. The molecule has 0 saturated heterocycles. The molecule has 0 fully saturated rings. The SMILES string of the molecule is C=CCc1cc(CC=C)c(OC(=O)C(C)(C)C)c(C=CC(=O)c2ccc(OC(=O)C(C)(C)C)cc2)c1OCCC. The fraction of sp³-hybridized carbons (Fsp3) is 0.382. The van der Waals surface area contributed by atoms with Crippen molar-refractivity contribution in [1.82, 2.24) is 0 Å². The van der Waals surface area contributed by atoms with Crippen LogP contribution in [0.3, 0.4) is 0 Å². The van der Waals surface area contributed by atoms with Gasteiger partial charge in [-0.25, -0.2) is 0 Å². The van der Waals surface area contributed by atoms with Gasteiger partial charge in [0, 0.05) is 5.56 Å². The predicted octanol–water partition coefficient (Wildman–Crippen LogP) is 7.73. The number of ketones is 1. The molecule has 0 bridgehead atoms. The lowest BCUT2D eigenvalue weighted by molar-refractivity contribution is -0.143. The van der Waals surface area contributed by atoms with Crippen LogP contribution in [0.25, 0.3) is 6.08 Å². The van der Waals surface area contributed by atoms with Crippen molar-refractivity contribution in [3.05, 3.63) is 84.0 Å². The van der Waals surface area contributed by atoms with Crippen molar-refractivity contribution in [3.63, 3.8) is 0 Å². The van der Waals surface area contributed by atoms with Crippen LogP contribution in [0, 0.1) is 10.8 Å². The summed E-state index contributed by atoms with van der Waals surface area (Å²) in [6, 6.07) is 8.32. The van der Waals surface area contributed by atoms with Gasteiger partial charge >= 0.3 is 11.9 Å². The molecule has 2 rings (SSSR count). The summed E-state index contributed by atoms with van der Waals surface area (Å²) in [4.78, 5) is 38.3. The summed E-state index contributed by atoms with van der Waals surface area (Å²) in [6.45, 7) is 20.8. The minimum atomic E-state index is -0.745. The maximum atomic E-state index is 13.2. The molecule has 2 aromatic rings. The highest BCUT2D eigenvalue weighted by atomic mass is 16.5. The largest absolute Gasteiger partial charge is 0.493 e. The highest BCUT2D eigenvalue weighted by molar-refractivity contribution is 6.07. The lowest BCUT2D eigenvalue weighted by atomic mass is 9.95. The quantitative estimate of drug-likeness (QED) is 0.0891. The van der Waals surface area contributed by atoms with Crippen LogP contribution < -0.4 is 14.2 Å². The Bertz CT molecular complexity index is 1270. The van der Waals surface area contributed by atoms with Crippen molar-refractivity contribution in [2.75, 3.05) is 6.61 Å². The molecule has 0 aromatic heterocycles. The maximum Gasteiger partial charge on any atom is 0.316 e. The molecule has 0 spiro atoms. The van der Waals surface area contributed by atoms with E-state index in [1.54, 1.807) is 84.0 Å². The Balaban J connectivity index is 2.58. The summed E-state index contributed by atoms with van der Waals surface area (Å²) in [6.07, 6.45) is 8.32. The molecular weight excluding hydrogens is 504 g/mol. The van der Waals surface area contributed by atoms with E-state index in [1.807, 2.05) is 13.0 Å². The van der Waals surface area contributed by atoms with Crippen molar-refractivity contribution in [3.8, 4) is 17.2 Å². The second kappa shape index (κ2) is 13.9. The van der Waals surface area contributed by atoms with Crippen LogP contribution >= 0.6 is 0 Å². The van der Waals surface area contributed by atoms with Gasteiger partial charge in [0.25, 0.3) is 0 Å². The van der Waals surface area contributed by atoms with E-state index in [9.17, 15) is 14.4 Å². The number of ether oxygens (including phenoxy) is 3. The van der Waals surface area contributed by atoms with E-state index in [1.165, 1.54) is 6.08 Å². The smallest absolute Gasteiger partial charge is 0.316 e. The number of esters is 2. The first-order chi connectivity index (χ1) is 18.7. The van der Waals surface area contributed by atoms with E-state index in [0.29, 0.717) is 47.8 Å². The van der Waals surface area contributed by atoms with E-state index in [-0.39, 0.29) is 11.8 Å². The topological polar surface area (TPSA) is 78.9 Å². The Morgan fingerprint density at radius 2 is 1.32 bits per heavy atom. The van der Waals surface area contributed by atoms with Gasteiger partial charge in [-0.05, 0) is 114 Å². The van der Waals surface area contributed by atoms with E-state index < -0.39 is 16.8 Å². The number of carbonyl (C=O) groups excluding carboxylic acids is 3. The lowest BCUT2D eigenvalue weighted by Gasteiger charge is -2.23. The van der Waals surface area contributed by atoms with Crippen LogP contribution in [0.4, 0.5) is 0 Å². The fourth-order valence-electron chi connectivity index (χ4n) is 3.50. The standard InChI is InChI=1S/C34H42O6/c1-10-13-24-22-25(14-11-2)30(40-32(37)34(7,8)9)27(29(24)38-21-12-3)19-20-28(35)23-15-17-26(18-16-23)39-31(36)33(4,5)6/h10-11,15-20,22H,1-2,12-14,21H2,3-9H3. The van der Waals surface area contributed by atoms with Crippen molar-refractivity contribution in [2.45, 2.75) is 67.7 Å². The van der Waals surface area contributed by atoms with Crippen LogP contribution in [0.5, 0.6) is 17.2 Å². The molecule has 0 N–H and O–H groups in total. The van der Waals surface area contributed by atoms with Crippen molar-refractivity contribution >= 4 is 23.8 Å². The minimum Gasteiger partial charge on any atom is -0.493 e. The molecule has 0 atom stereocenters. The Morgan fingerprint density at radius 3 is 1.82 bits per heavy atom. The molecule has 6 heteroatoms. The van der Waals surface area contributed by atoms with Crippen LogP contribution in [0.2, 0.25) is 0 Å². The highest BCUT2D eigenvalue weighted by Gasteiger charge is 2.28. The van der Waals surface area contributed by atoms with Crippen LogP contribution in [0.15, 0.2) is 61.7 Å². The summed E-state index contributed by atoms with van der Waals surface area (Å²) in [7, 11) is 0. The molecule has 6 nitrogen and oxygen atoms in total. The Labute approximate surface area is 238 Å². The summed E-state index contributed by atoms with van der Waals surface area (Å²) >= 11 is 0. The Morgan fingerprint density at radius 1 is 0.800 bits per heavy atom. The number of rotatable bonds is 12. The van der Waals surface area contributed by atoms with Crippen LogP contribution in [-0.2, 0) is 22.4 Å². The molecule has 0 unspecified atom stereocenters. The number of carbonyl (C=O) groups is 3. The average Bonchev–Trinajstić information content (AvgIpc) is 2.87. The van der Waals surface area contributed by atoms with Gasteiger partial charge in [0.2, 0.25) is 0 Å². The number of benzene rings is 2. The lowest BCUT2D eigenvalue weighted by Crippen LogP contribution is -2.26. The zero-order chi connectivity index (χ0) is 30.1. The van der Waals surface area contributed by atoms with E-state index in [2.05, 4.69) is 13.2 Å². The third kappa shape index (κ3) is 8.80. The van der Waals surface area contributed by atoms with Crippen molar-refractivity contribution in [1.29, 1.82) is 0 Å². The summed E-state index contributed by atoms with van der Waals surface area (Å²) in [5.41, 5.74) is 1.15. The third-order valence-electron chi connectivity index (χ3n) is 5.77. The first-order valence-corrected chi connectivity index (χ1v) is 13.5. The van der Waals surface area contributed by atoms with Crippen LogP contribution in [0.1, 0.15) is 81.9 Å². The Hall–Kier alpha value is -3.93. The maximum absolute atomic E-state index is 13.2. The van der Waals surface area contributed by atoms with Gasteiger partial charge in [0.1, 0.15) is 17.2 Å². The second-order valence-electron chi connectivity index (χ2n) is 11.6. The van der Waals surface area contributed by atoms with Gasteiger partial charge in [-0.1, -0.05) is 19.1 Å². The molecule has 2 aromatic carbocycles. The molecule has 0 heterocycles. The molecule has 0 saturated carbocycles. The number of hydrogen-bond acceptors (Lipinski definition) is 6. The molecule has 0 aliphatic heterocycles. The van der Waals surface area contributed by atoms with Crippen LogP contribution in [-0.4, -0.2) is 24.3 Å². The summed E-state index contributed by atoms with van der Waals surface area (Å²) in [5, 5.41) is 0. The number of allylic oxidation sites excluding steroid dienone is 3. The van der Waals surface area contributed by atoms with E-state index >= 15 is 0 Å². The van der Waals surface area contributed by atoms with Gasteiger partial charge in [-0.3, -0.25) is 14.4 Å². The average molecular weight is 547 g/mol. The van der Waals surface area contributed by atoms with E-state index in [4.69, 9.17) is 14.2 Å². The molecule has 0 aliphatic carbocycles. The molecule has 0 radical (unpaired) electrons. The minimum absolute atomic E-state index is 0.275. The zero-order valence-corrected chi connectivity index (χ0v) is 24.9. The summed E-state index contributed by atoms with van der Waals surface area (Å²) < 4.78 is 17.5. The van der Waals surface area contributed by atoms with Gasteiger partial charge in [0.05, 0.1) is 23.0 Å². The second-order valence-corrected chi connectivity index (χ2v) is 11.6. The van der Waals surface area contributed by atoms with Crippen molar-refractivity contribution in [2.24, 2.45) is 10.8 Å². The van der Waals surface area contributed by atoms with E-state index in [0.717, 1.165) is 17.5 Å². The van der Waals surface area contributed by atoms with Gasteiger partial charge in [-0.2, -0.15) is 0 Å². The van der Waals surface area contributed by atoms with Gasteiger partial charge in [-0.15, -0.1) is 13.2 Å². The first-order valence-electron chi connectivity index (χ1n) is 13.5. The first kappa shape index (κ1) is 32.3. The zero-order valence-electron chi connectivity index (χ0n) is 24.9. The fourth-order valence-corrected chi connectivity index (χ4v) is 3.50. The molecule has 214 valence electrons. The Kier molecular flexibility index (Phi) is 11.2. The highest BCUT2D eigenvalue weighted by Crippen LogP contribution is 2.39. The third-order valence-corrected chi connectivity index (χ3v) is 5.77. The molecule has 0 aliphatic rings. The molecule has 40 heavy (non-hydrogen) atoms. The van der Waals surface area contributed by atoms with Crippen molar-refractivity contribution < 1.29 is 28.6 Å². The van der Waals surface area contributed by atoms with Gasteiger partial charge in [0.15, 0.2) is 5.78 Å².